The summed E-state index contributed by atoms with van der Waals surface area (Å²) in [5, 5.41) is 0.665. The van der Waals surface area contributed by atoms with Crippen LogP contribution in [0.25, 0.3) is 11.3 Å². The lowest BCUT2D eigenvalue weighted by Crippen LogP contribution is -2.32. The Balaban J connectivity index is 1.16. The average molecular weight is 471 g/mol. The molecule has 4 rings (SSSR count). The van der Waals surface area contributed by atoms with Gasteiger partial charge in [-0.15, -0.1) is 0 Å². The predicted octanol–water partition coefficient (Wildman–Crippen LogP) is 4.91. The van der Waals surface area contributed by atoms with Gasteiger partial charge in [-0.2, -0.15) is 0 Å². The summed E-state index contributed by atoms with van der Waals surface area (Å²) in [6.45, 7) is 0.684. The maximum absolute atomic E-state index is 13.4. The second kappa shape index (κ2) is 10.9. The Labute approximate surface area is 198 Å². The van der Waals surface area contributed by atoms with Crippen molar-refractivity contribution in [2.45, 2.75) is 44.2 Å². The van der Waals surface area contributed by atoms with Crippen molar-refractivity contribution < 1.29 is 13.6 Å². The third-order valence-electron chi connectivity index (χ3n) is 5.94. The summed E-state index contributed by atoms with van der Waals surface area (Å²) >= 11 is 5.92. The smallest absolute Gasteiger partial charge is 0.222 e. The van der Waals surface area contributed by atoms with E-state index in [0.717, 1.165) is 30.4 Å². The monoisotopic (exact) mass is 470 g/mol. The highest BCUT2D eigenvalue weighted by molar-refractivity contribution is 6.30. The Bertz CT molecular complexity index is 1070. The quantitative estimate of drug-likeness (QED) is 0.465. The van der Waals surface area contributed by atoms with Gasteiger partial charge in [-0.3, -0.25) is 15.6 Å². The zero-order valence-corrected chi connectivity index (χ0v) is 19.3. The van der Waals surface area contributed by atoms with Crippen LogP contribution in [0, 0.1) is 5.82 Å². The Kier molecular flexibility index (Phi) is 7.75. The van der Waals surface area contributed by atoms with E-state index in [2.05, 4.69) is 15.8 Å². The van der Waals surface area contributed by atoms with Gasteiger partial charge in [0.15, 0.2) is 11.7 Å². The number of aromatic nitrogens is 1. The summed E-state index contributed by atoms with van der Waals surface area (Å²) in [4.78, 5) is 18.6. The molecule has 0 saturated carbocycles. The SMILES string of the molecule is CN(CCCC1CC(c2cccc(F)c2)NN1)C(=O)CCc1ncc(-c2ccc(Cl)cc2)o1. The van der Waals surface area contributed by atoms with E-state index in [1.807, 2.05) is 25.2 Å². The third-order valence-corrected chi connectivity index (χ3v) is 6.19. The lowest BCUT2D eigenvalue weighted by molar-refractivity contribution is -0.130. The van der Waals surface area contributed by atoms with E-state index in [0.29, 0.717) is 42.1 Å². The van der Waals surface area contributed by atoms with Crippen LogP contribution in [0.2, 0.25) is 5.02 Å². The van der Waals surface area contributed by atoms with Gasteiger partial charge < -0.3 is 9.32 Å². The molecule has 1 aliphatic rings. The molecule has 2 N–H and O–H groups in total. The molecule has 2 aromatic carbocycles. The Morgan fingerprint density at radius 1 is 1.24 bits per heavy atom. The van der Waals surface area contributed by atoms with Crippen molar-refractivity contribution in [1.82, 2.24) is 20.7 Å². The average Bonchev–Trinajstić information content (AvgIpc) is 3.48. The van der Waals surface area contributed by atoms with Gasteiger partial charge in [0.05, 0.1) is 6.20 Å². The van der Waals surface area contributed by atoms with Crippen LogP contribution in [0.4, 0.5) is 4.39 Å². The van der Waals surface area contributed by atoms with Crippen LogP contribution < -0.4 is 10.9 Å². The summed E-state index contributed by atoms with van der Waals surface area (Å²) in [5.41, 5.74) is 8.38. The van der Waals surface area contributed by atoms with Gasteiger partial charge in [-0.1, -0.05) is 23.7 Å². The fourth-order valence-electron chi connectivity index (χ4n) is 4.03. The number of hydrogen-bond donors (Lipinski definition) is 2. The second-order valence-electron chi connectivity index (χ2n) is 8.41. The fraction of sp³-hybridized carbons (Fsp3) is 0.360. The molecule has 1 aliphatic heterocycles. The normalized spacial score (nSPS) is 17.9. The van der Waals surface area contributed by atoms with E-state index in [9.17, 15) is 9.18 Å². The largest absolute Gasteiger partial charge is 0.441 e. The highest BCUT2D eigenvalue weighted by atomic mass is 35.5. The molecule has 0 bridgehead atoms. The number of carbonyl (C=O) groups excluding carboxylic acids is 1. The van der Waals surface area contributed by atoms with Gasteiger partial charge in [-0.25, -0.2) is 9.37 Å². The van der Waals surface area contributed by atoms with Crippen molar-refractivity contribution in [3.63, 3.8) is 0 Å². The van der Waals surface area contributed by atoms with Gasteiger partial charge in [0, 0.05) is 49.1 Å². The summed E-state index contributed by atoms with van der Waals surface area (Å²) < 4.78 is 19.2. The highest BCUT2D eigenvalue weighted by Gasteiger charge is 2.25. The number of oxazole rings is 1. The first kappa shape index (κ1) is 23.4. The molecule has 1 aromatic heterocycles. The molecular formula is C25H28ClFN4O2. The molecule has 0 aliphatic carbocycles. The molecule has 1 saturated heterocycles. The van der Waals surface area contributed by atoms with Gasteiger partial charge in [-0.05, 0) is 61.2 Å². The standard InChI is InChI=1S/C25H28ClFN4O2/c1-31(13-3-6-21-15-22(30-29-21)18-4-2-5-20(27)14-18)25(32)12-11-24-28-16-23(33-24)17-7-9-19(26)10-8-17/h2,4-5,7-10,14,16,21-22,29-30H,3,6,11-13,15H2,1H3. The van der Waals surface area contributed by atoms with E-state index in [1.165, 1.54) is 6.07 Å². The van der Waals surface area contributed by atoms with E-state index < -0.39 is 0 Å². The van der Waals surface area contributed by atoms with Gasteiger partial charge in [0.2, 0.25) is 5.91 Å². The molecule has 3 aromatic rings. The number of hydrazine groups is 1. The molecule has 0 radical (unpaired) electrons. The molecule has 6 nitrogen and oxygen atoms in total. The van der Waals surface area contributed by atoms with Crippen molar-refractivity contribution >= 4 is 17.5 Å². The van der Waals surface area contributed by atoms with Crippen LogP contribution in [-0.4, -0.2) is 35.4 Å². The summed E-state index contributed by atoms with van der Waals surface area (Å²) in [7, 11) is 1.83. The van der Waals surface area contributed by atoms with E-state index in [1.54, 1.807) is 35.4 Å². The topological polar surface area (TPSA) is 70.4 Å². The van der Waals surface area contributed by atoms with E-state index >= 15 is 0 Å². The molecule has 2 heterocycles. The van der Waals surface area contributed by atoms with Crippen molar-refractivity contribution in [2.75, 3.05) is 13.6 Å². The minimum absolute atomic E-state index is 0.0661. The van der Waals surface area contributed by atoms with Crippen molar-refractivity contribution in [3.8, 4) is 11.3 Å². The second-order valence-corrected chi connectivity index (χ2v) is 8.85. The van der Waals surface area contributed by atoms with Crippen LogP contribution in [0.1, 0.15) is 43.2 Å². The molecule has 33 heavy (non-hydrogen) atoms. The number of nitrogens with one attached hydrogen (secondary N) is 2. The Morgan fingerprint density at radius 2 is 2.06 bits per heavy atom. The summed E-state index contributed by atoms with van der Waals surface area (Å²) in [6, 6.07) is 14.4. The first-order chi connectivity index (χ1) is 16.0. The van der Waals surface area contributed by atoms with Crippen LogP contribution in [0.5, 0.6) is 0 Å². The van der Waals surface area contributed by atoms with Gasteiger partial charge >= 0.3 is 0 Å². The fourth-order valence-corrected chi connectivity index (χ4v) is 4.16. The number of carbonyl (C=O) groups is 1. The zero-order chi connectivity index (χ0) is 23.2. The maximum Gasteiger partial charge on any atom is 0.222 e. The lowest BCUT2D eigenvalue weighted by Gasteiger charge is -2.18. The first-order valence-corrected chi connectivity index (χ1v) is 11.6. The number of aryl methyl sites for hydroxylation is 1. The number of benzene rings is 2. The van der Waals surface area contributed by atoms with Gasteiger partial charge in [0.25, 0.3) is 0 Å². The number of halogens is 2. The molecule has 1 amide bonds. The van der Waals surface area contributed by atoms with E-state index in [4.69, 9.17) is 16.0 Å². The van der Waals surface area contributed by atoms with E-state index in [-0.39, 0.29) is 17.8 Å². The molecule has 174 valence electrons. The van der Waals surface area contributed by atoms with Crippen LogP contribution in [0.3, 0.4) is 0 Å². The third kappa shape index (κ3) is 6.41. The van der Waals surface area contributed by atoms with Crippen molar-refractivity contribution in [3.05, 3.63) is 77.0 Å². The zero-order valence-electron chi connectivity index (χ0n) is 18.6. The van der Waals surface area contributed by atoms with Gasteiger partial charge in [0.1, 0.15) is 5.82 Å². The molecule has 1 fully saturated rings. The molecule has 0 spiro atoms. The Hall–Kier alpha value is -2.74. The molecule has 2 atom stereocenters. The van der Waals surface area contributed by atoms with Crippen LogP contribution >= 0.6 is 11.6 Å². The molecule has 2 unspecified atom stereocenters. The lowest BCUT2D eigenvalue weighted by atomic mass is 9.99. The summed E-state index contributed by atoms with van der Waals surface area (Å²) in [6.07, 6.45) is 5.19. The minimum atomic E-state index is -0.219. The highest BCUT2D eigenvalue weighted by Crippen LogP contribution is 2.25. The van der Waals surface area contributed by atoms with Crippen LogP contribution in [0.15, 0.2) is 59.1 Å². The number of nitrogens with zero attached hydrogens (tertiary/aromatic N) is 2. The Morgan fingerprint density at radius 3 is 2.85 bits per heavy atom. The summed E-state index contributed by atoms with van der Waals surface area (Å²) in [5.74, 6) is 1.06. The maximum atomic E-state index is 13.4. The minimum Gasteiger partial charge on any atom is -0.441 e. The predicted molar refractivity (Wildman–Crippen MR) is 126 cm³/mol. The number of rotatable bonds is 9. The van der Waals surface area contributed by atoms with Crippen molar-refractivity contribution in [1.29, 1.82) is 0 Å². The van der Waals surface area contributed by atoms with Crippen molar-refractivity contribution in [2.24, 2.45) is 0 Å². The van der Waals surface area contributed by atoms with Crippen LogP contribution in [-0.2, 0) is 11.2 Å². The molecule has 8 heteroatoms. The number of amides is 1. The first-order valence-electron chi connectivity index (χ1n) is 11.2. The molecular weight excluding hydrogens is 443 g/mol. The number of hydrogen-bond acceptors (Lipinski definition) is 5.